The van der Waals surface area contributed by atoms with Gasteiger partial charge in [-0.3, -0.25) is 4.98 Å². The summed E-state index contributed by atoms with van der Waals surface area (Å²) in [5.74, 6) is 0.968. The molecule has 0 aliphatic rings. The summed E-state index contributed by atoms with van der Waals surface area (Å²) in [4.78, 5) is 4.04. The van der Waals surface area contributed by atoms with E-state index in [0.29, 0.717) is 5.92 Å². The second-order valence-electron chi connectivity index (χ2n) is 5.55. The minimum atomic E-state index is 0.258. The molecule has 1 N–H and O–H groups in total. The summed E-state index contributed by atoms with van der Waals surface area (Å²) in [7, 11) is 2.84. The highest BCUT2D eigenvalue weighted by molar-refractivity contribution is 7.17. The van der Waals surface area contributed by atoms with Crippen molar-refractivity contribution in [1.82, 2.24) is 10.3 Å². The summed E-state index contributed by atoms with van der Waals surface area (Å²) in [5, 5.41) is 3.51. The number of benzene rings is 1. The number of hydrogen-bond donors (Lipinski definition) is 1. The maximum Gasteiger partial charge on any atom is 0.0467 e. The van der Waals surface area contributed by atoms with Gasteiger partial charge in [0.1, 0.15) is 0 Å². The first kappa shape index (κ1) is 18.8. The summed E-state index contributed by atoms with van der Waals surface area (Å²) >= 11 is 0. The van der Waals surface area contributed by atoms with Crippen molar-refractivity contribution in [2.45, 2.75) is 46.4 Å². The molecule has 2 atom stereocenters. The van der Waals surface area contributed by atoms with Crippen LogP contribution in [0.4, 0.5) is 0 Å². The van der Waals surface area contributed by atoms with Crippen LogP contribution in [0.15, 0.2) is 48.8 Å². The zero-order valence-corrected chi connectivity index (χ0v) is 15.4. The topological polar surface area (TPSA) is 24.9 Å². The highest BCUT2D eigenvalue weighted by Gasteiger charge is 2.04. The van der Waals surface area contributed by atoms with Crippen molar-refractivity contribution in [2.24, 2.45) is 5.92 Å². The SMILES string of the molecule is CC.CC(C)Cc1ccc(CNC(P)c2ccncc2)cc1. The molecule has 2 unspecified atom stereocenters. The molecule has 0 saturated carbocycles. The van der Waals surface area contributed by atoms with Gasteiger partial charge >= 0.3 is 0 Å². The van der Waals surface area contributed by atoms with Crippen LogP contribution in [0.3, 0.4) is 0 Å². The normalized spacial score (nSPS) is 11.7. The molecule has 120 valence electrons. The summed E-state index contributed by atoms with van der Waals surface area (Å²) in [6, 6.07) is 13.0. The van der Waals surface area contributed by atoms with Gasteiger partial charge < -0.3 is 5.32 Å². The molecule has 0 amide bonds. The molecule has 1 aromatic carbocycles. The lowest BCUT2D eigenvalue weighted by atomic mass is 10.0. The summed E-state index contributed by atoms with van der Waals surface area (Å²) in [5.41, 5.74) is 3.97. The van der Waals surface area contributed by atoms with E-state index < -0.39 is 0 Å². The lowest BCUT2D eigenvalue weighted by Crippen LogP contribution is -2.15. The fourth-order valence-electron chi connectivity index (χ4n) is 2.18. The quantitative estimate of drug-likeness (QED) is 0.761. The van der Waals surface area contributed by atoms with Gasteiger partial charge in [-0.25, -0.2) is 0 Å². The van der Waals surface area contributed by atoms with E-state index in [4.69, 9.17) is 0 Å². The molecule has 0 radical (unpaired) electrons. The smallest absolute Gasteiger partial charge is 0.0467 e. The number of nitrogens with zero attached hydrogens (tertiary/aromatic N) is 1. The Morgan fingerprint density at radius 3 is 2.05 bits per heavy atom. The standard InChI is InChI=1S/C17H23N2P.C2H6/c1-13(2)11-14-3-5-15(6-4-14)12-19-17(20)16-7-9-18-10-8-16;1-2/h3-10,13,17,19H,11-12,20H2,1-2H3;1-2H3. The Morgan fingerprint density at radius 2 is 1.50 bits per heavy atom. The van der Waals surface area contributed by atoms with Gasteiger partial charge in [-0.2, -0.15) is 0 Å². The summed E-state index contributed by atoms with van der Waals surface area (Å²) < 4.78 is 0. The van der Waals surface area contributed by atoms with Crippen LogP contribution >= 0.6 is 9.24 Å². The fraction of sp³-hybridized carbons (Fsp3) is 0.421. The van der Waals surface area contributed by atoms with Crippen molar-refractivity contribution in [3.05, 3.63) is 65.5 Å². The molecule has 1 aromatic heterocycles. The molecule has 0 saturated heterocycles. The molecule has 2 aromatic rings. The first-order valence-corrected chi connectivity index (χ1v) is 8.78. The van der Waals surface area contributed by atoms with Crippen molar-refractivity contribution in [3.8, 4) is 0 Å². The molecule has 0 fully saturated rings. The third-order valence-electron chi connectivity index (χ3n) is 3.26. The highest BCUT2D eigenvalue weighted by Crippen LogP contribution is 2.19. The van der Waals surface area contributed by atoms with Gasteiger partial charge in [0.05, 0.1) is 0 Å². The second kappa shape index (κ2) is 10.5. The van der Waals surface area contributed by atoms with E-state index in [1.165, 1.54) is 16.7 Å². The molecule has 22 heavy (non-hydrogen) atoms. The second-order valence-corrected chi connectivity index (χ2v) is 6.22. The number of pyridine rings is 1. The molecule has 0 bridgehead atoms. The predicted octanol–water partition coefficient (Wildman–Crippen LogP) is 4.97. The first-order chi connectivity index (χ1) is 10.6. The highest BCUT2D eigenvalue weighted by atomic mass is 31.0. The van der Waals surface area contributed by atoms with Crippen LogP contribution in [0.25, 0.3) is 0 Å². The fourth-order valence-corrected chi connectivity index (χ4v) is 2.52. The average molecular weight is 316 g/mol. The van der Waals surface area contributed by atoms with Crippen LogP contribution in [0.2, 0.25) is 0 Å². The van der Waals surface area contributed by atoms with Gasteiger partial charge in [0.2, 0.25) is 0 Å². The van der Waals surface area contributed by atoms with E-state index in [9.17, 15) is 0 Å². The third-order valence-corrected chi connectivity index (χ3v) is 3.88. The van der Waals surface area contributed by atoms with Crippen molar-refractivity contribution in [3.63, 3.8) is 0 Å². The van der Waals surface area contributed by atoms with Crippen LogP contribution in [-0.2, 0) is 13.0 Å². The lowest BCUT2D eigenvalue weighted by Gasteiger charge is -2.14. The van der Waals surface area contributed by atoms with Gasteiger partial charge in [-0.15, -0.1) is 9.24 Å². The Kier molecular flexibility index (Phi) is 8.96. The van der Waals surface area contributed by atoms with Gasteiger partial charge in [0, 0.05) is 24.7 Å². The number of aromatic nitrogens is 1. The molecule has 0 aliphatic carbocycles. The molecule has 0 spiro atoms. The van der Waals surface area contributed by atoms with Gasteiger partial charge in [0.25, 0.3) is 0 Å². The molecule has 2 rings (SSSR count). The largest absolute Gasteiger partial charge is 0.303 e. The van der Waals surface area contributed by atoms with Crippen LogP contribution < -0.4 is 5.32 Å². The molecule has 1 heterocycles. The van der Waals surface area contributed by atoms with Crippen molar-refractivity contribution >= 4 is 9.24 Å². The van der Waals surface area contributed by atoms with E-state index in [0.717, 1.165) is 13.0 Å². The molecular weight excluding hydrogens is 287 g/mol. The maximum atomic E-state index is 4.04. The van der Waals surface area contributed by atoms with Crippen LogP contribution in [0, 0.1) is 5.92 Å². The Morgan fingerprint density at radius 1 is 0.955 bits per heavy atom. The summed E-state index contributed by atoms with van der Waals surface area (Å²) in [6.07, 6.45) is 4.81. The van der Waals surface area contributed by atoms with E-state index >= 15 is 0 Å². The minimum absolute atomic E-state index is 0.258. The zero-order valence-electron chi connectivity index (χ0n) is 14.2. The van der Waals surface area contributed by atoms with Crippen molar-refractivity contribution in [1.29, 1.82) is 0 Å². The monoisotopic (exact) mass is 316 g/mol. The minimum Gasteiger partial charge on any atom is -0.303 e. The molecular formula is C19H29N2P. The number of rotatable bonds is 6. The molecule has 0 aliphatic heterocycles. The van der Waals surface area contributed by atoms with Crippen LogP contribution in [0.5, 0.6) is 0 Å². The summed E-state index contributed by atoms with van der Waals surface area (Å²) in [6.45, 7) is 9.38. The number of hydrogen-bond acceptors (Lipinski definition) is 2. The third kappa shape index (κ3) is 6.68. The van der Waals surface area contributed by atoms with E-state index in [-0.39, 0.29) is 5.78 Å². The maximum absolute atomic E-state index is 4.04. The molecule has 2 nitrogen and oxygen atoms in total. The Bertz CT molecular complexity index is 509. The van der Waals surface area contributed by atoms with E-state index in [2.05, 4.69) is 57.7 Å². The van der Waals surface area contributed by atoms with Gasteiger partial charge in [-0.1, -0.05) is 52.0 Å². The van der Waals surface area contributed by atoms with Crippen molar-refractivity contribution < 1.29 is 0 Å². The number of nitrogens with one attached hydrogen (secondary N) is 1. The van der Waals surface area contributed by atoms with Gasteiger partial charge in [0.15, 0.2) is 0 Å². The van der Waals surface area contributed by atoms with E-state index in [1.54, 1.807) is 0 Å². The predicted molar refractivity (Wildman–Crippen MR) is 99.9 cm³/mol. The Hall–Kier alpha value is -1.24. The zero-order chi connectivity index (χ0) is 16.4. The molecule has 3 heteroatoms. The van der Waals surface area contributed by atoms with Gasteiger partial charge in [-0.05, 0) is 41.2 Å². The Balaban J connectivity index is 0.00000116. The van der Waals surface area contributed by atoms with Crippen molar-refractivity contribution in [2.75, 3.05) is 0 Å². The average Bonchev–Trinajstić information content (AvgIpc) is 2.56. The van der Waals surface area contributed by atoms with Crippen LogP contribution in [0.1, 0.15) is 50.2 Å². The first-order valence-electron chi connectivity index (χ1n) is 8.12. The van der Waals surface area contributed by atoms with E-state index in [1.807, 2.05) is 38.4 Å². The van der Waals surface area contributed by atoms with Crippen LogP contribution in [-0.4, -0.2) is 4.98 Å². The Labute approximate surface area is 138 Å². The lowest BCUT2D eigenvalue weighted by molar-refractivity contribution is 0.646.